The fourth-order valence-electron chi connectivity index (χ4n) is 1.75. The summed E-state index contributed by atoms with van der Waals surface area (Å²) >= 11 is 17.6. The molecule has 0 aromatic heterocycles. The summed E-state index contributed by atoms with van der Waals surface area (Å²) in [5, 5.41) is 10.9. The Labute approximate surface area is 125 Å². The molecule has 0 spiro atoms. The molecule has 0 saturated carbocycles. The van der Waals surface area contributed by atoms with E-state index in [1.54, 1.807) is 18.2 Å². The molecule has 2 rings (SSSR count). The van der Waals surface area contributed by atoms with E-state index in [2.05, 4.69) is 0 Å². The minimum absolute atomic E-state index is 0.0197. The van der Waals surface area contributed by atoms with Crippen LogP contribution in [0.15, 0.2) is 36.4 Å². The number of aliphatic hydroxyl groups is 1. The molecule has 1 atom stereocenters. The zero-order chi connectivity index (χ0) is 14.0. The van der Waals surface area contributed by atoms with Gasteiger partial charge in [-0.2, -0.15) is 0 Å². The molecule has 0 saturated heterocycles. The van der Waals surface area contributed by atoms with Gasteiger partial charge in [0.05, 0.1) is 21.2 Å². The Kier molecular flexibility index (Phi) is 4.69. The van der Waals surface area contributed by atoms with Crippen molar-refractivity contribution in [1.82, 2.24) is 0 Å². The molecule has 0 fully saturated rings. The molecule has 2 aromatic rings. The maximum Gasteiger partial charge on any atom is 0.141 e. The summed E-state index contributed by atoms with van der Waals surface area (Å²) in [6.45, 7) is 0. The zero-order valence-electron chi connectivity index (χ0n) is 9.71. The molecule has 0 heterocycles. The number of aliphatic hydroxyl groups excluding tert-OH is 1. The molecule has 1 N–H and O–H groups in total. The lowest BCUT2D eigenvalue weighted by Gasteiger charge is -2.13. The van der Waals surface area contributed by atoms with Crippen LogP contribution in [0.25, 0.3) is 0 Å². The van der Waals surface area contributed by atoms with E-state index in [1.165, 1.54) is 18.2 Å². The third-order valence-corrected chi connectivity index (χ3v) is 3.92. The first kappa shape index (κ1) is 14.6. The standard InChI is InChI=1S/C14H10Cl3FO/c15-10-3-1-2-9(14(10)17)7-13(19)8-4-5-12(18)11(16)6-8/h1-6,13,19H,7H2. The third-order valence-electron chi connectivity index (χ3n) is 2.77. The van der Waals surface area contributed by atoms with Crippen LogP contribution in [0.2, 0.25) is 15.1 Å². The SMILES string of the molecule is OC(Cc1cccc(Cl)c1Cl)c1ccc(F)c(Cl)c1. The Morgan fingerprint density at radius 2 is 1.79 bits per heavy atom. The predicted molar refractivity (Wildman–Crippen MR) is 76.5 cm³/mol. The summed E-state index contributed by atoms with van der Waals surface area (Å²) in [7, 11) is 0. The molecule has 1 unspecified atom stereocenters. The van der Waals surface area contributed by atoms with Crippen LogP contribution in [0.5, 0.6) is 0 Å². The zero-order valence-corrected chi connectivity index (χ0v) is 12.0. The van der Waals surface area contributed by atoms with Gasteiger partial charge in [-0.15, -0.1) is 0 Å². The first-order valence-electron chi connectivity index (χ1n) is 5.55. The average molecular weight is 320 g/mol. The van der Waals surface area contributed by atoms with Gasteiger partial charge in [-0.1, -0.05) is 53.0 Å². The highest BCUT2D eigenvalue weighted by Gasteiger charge is 2.13. The highest BCUT2D eigenvalue weighted by molar-refractivity contribution is 6.42. The molecule has 0 radical (unpaired) electrons. The minimum atomic E-state index is -0.825. The van der Waals surface area contributed by atoms with Gasteiger partial charge in [-0.3, -0.25) is 0 Å². The molecular formula is C14H10Cl3FO. The second kappa shape index (κ2) is 6.10. The lowest BCUT2D eigenvalue weighted by atomic mass is 10.0. The van der Waals surface area contributed by atoms with E-state index in [0.29, 0.717) is 15.6 Å². The van der Waals surface area contributed by atoms with Crippen molar-refractivity contribution in [3.63, 3.8) is 0 Å². The van der Waals surface area contributed by atoms with E-state index in [1.807, 2.05) is 0 Å². The van der Waals surface area contributed by atoms with E-state index in [9.17, 15) is 9.50 Å². The lowest BCUT2D eigenvalue weighted by Crippen LogP contribution is -2.03. The molecule has 0 amide bonds. The van der Waals surface area contributed by atoms with Crippen molar-refractivity contribution in [2.24, 2.45) is 0 Å². The number of benzene rings is 2. The van der Waals surface area contributed by atoms with Crippen LogP contribution in [-0.4, -0.2) is 5.11 Å². The average Bonchev–Trinajstić information content (AvgIpc) is 2.38. The molecule has 100 valence electrons. The quantitative estimate of drug-likeness (QED) is 0.838. The maximum atomic E-state index is 13.1. The predicted octanol–water partition coefficient (Wildman–Crippen LogP) is 5.06. The highest BCUT2D eigenvalue weighted by atomic mass is 35.5. The van der Waals surface area contributed by atoms with Gasteiger partial charge in [0.15, 0.2) is 0 Å². The molecule has 0 aliphatic carbocycles. The minimum Gasteiger partial charge on any atom is -0.388 e. The molecule has 5 heteroatoms. The van der Waals surface area contributed by atoms with Crippen molar-refractivity contribution in [3.8, 4) is 0 Å². The largest absolute Gasteiger partial charge is 0.388 e. The van der Waals surface area contributed by atoms with Gasteiger partial charge in [-0.25, -0.2) is 4.39 Å². The molecular weight excluding hydrogens is 310 g/mol. The van der Waals surface area contributed by atoms with Crippen LogP contribution in [0.4, 0.5) is 4.39 Å². The lowest BCUT2D eigenvalue weighted by molar-refractivity contribution is 0.178. The molecule has 19 heavy (non-hydrogen) atoms. The Balaban J connectivity index is 2.23. The van der Waals surface area contributed by atoms with Crippen LogP contribution in [0.3, 0.4) is 0 Å². The summed E-state index contributed by atoms with van der Waals surface area (Å²) in [4.78, 5) is 0. The molecule has 2 aromatic carbocycles. The van der Waals surface area contributed by atoms with E-state index in [0.717, 1.165) is 5.56 Å². The van der Waals surface area contributed by atoms with Crippen molar-refractivity contribution in [1.29, 1.82) is 0 Å². The van der Waals surface area contributed by atoms with Gasteiger partial charge in [0.1, 0.15) is 5.82 Å². The second-order valence-corrected chi connectivity index (χ2v) is 5.30. The Morgan fingerprint density at radius 3 is 2.47 bits per heavy atom. The number of hydrogen-bond donors (Lipinski definition) is 1. The van der Waals surface area contributed by atoms with Gasteiger partial charge in [0.2, 0.25) is 0 Å². The van der Waals surface area contributed by atoms with Gasteiger partial charge < -0.3 is 5.11 Å². The van der Waals surface area contributed by atoms with Gasteiger partial charge in [-0.05, 0) is 29.3 Å². The van der Waals surface area contributed by atoms with E-state index in [4.69, 9.17) is 34.8 Å². The number of halogens is 4. The number of hydrogen-bond acceptors (Lipinski definition) is 1. The number of rotatable bonds is 3. The van der Waals surface area contributed by atoms with E-state index in [-0.39, 0.29) is 11.4 Å². The highest BCUT2D eigenvalue weighted by Crippen LogP contribution is 2.30. The van der Waals surface area contributed by atoms with Crippen LogP contribution < -0.4 is 0 Å². The molecule has 0 bridgehead atoms. The monoisotopic (exact) mass is 318 g/mol. The second-order valence-electron chi connectivity index (χ2n) is 4.11. The van der Waals surface area contributed by atoms with Crippen molar-refractivity contribution >= 4 is 34.8 Å². The van der Waals surface area contributed by atoms with Gasteiger partial charge in [0.25, 0.3) is 0 Å². The van der Waals surface area contributed by atoms with Crippen molar-refractivity contribution in [2.75, 3.05) is 0 Å². The van der Waals surface area contributed by atoms with Gasteiger partial charge >= 0.3 is 0 Å². The Morgan fingerprint density at radius 1 is 1.05 bits per heavy atom. The summed E-state index contributed by atoms with van der Waals surface area (Å²) in [5.41, 5.74) is 1.25. The fourth-order valence-corrected chi connectivity index (χ4v) is 2.34. The van der Waals surface area contributed by atoms with Crippen molar-refractivity contribution < 1.29 is 9.50 Å². The normalized spacial score (nSPS) is 12.5. The summed E-state index contributed by atoms with van der Waals surface area (Å²) < 4.78 is 13.1. The van der Waals surface area contributed by atoms with Crippen LogP contribution in [0, 0.1) is 5.82 Å². The van der Waals surface area contributed by atoms with Crippen LogP contribution in [0.1, 0.15) is 17.2 Å². The maximum absolute atomic E-state index is 13.1. The van der Waals surface area contributed by atoms with Crippen LogP contribution in [-0.2, 0) is 6.42 Å². The molecule has 0 aliphatic heterocycles. The summed E-state index contributed by atoms with van der Waals surface area (Å²) in [6.07, 6.45) is -0.546. The van der Waals surface area contributed by atoms with E-state index < -0.39 is 11.9 Å². The van der Waals surface area contributed by atoms with Crippen molar-refractivity contribution in [2.45, 2.75) is 12.5 Å². The topological polar surface area (TPSA) is 20.2 Å². The third kappa shape index (κ3) is 3.40. The van der Waals surface area contributed by atoms with Gasteiger partial charge in [0, 0.05) is 6.42 Å². The fraction of sp³-hybridized carbons (Fsp3) is 0.143. The van der Waals surface area contributed by atoms with Crippen LogP contribution >= 0.6 is 34.8 Å². The smallest absolute Gasteiger partial charge is 0.141 e. The van der Waals surface area contributed by atoms with Crippen molar-refractivity contribution in [3.05, 3.63) is 68.4 Å². The first-order chi connectivity index (χ1) is 8.99. The molecule has 1 nitrogen and oxygen atoms in total. The van der Waals surface area contributed by atoms with E-state index >= 15 is 0 Å². The molecule has 0 aliphatic rings. The summed E-state index contributed by atoms with van der Waals surface area (Å²) in [6, 6.07) is 9.33. The Bertz CT molecular complexity index is 601. The summed E-state index contributed by atoms with van der Waals surface area (Å²) in [5.74, 6) is -0.515. The Hall–Kier alpha value is -0.800. The first-order valence-corrected chi connectivity index (χ1v) is 6.68.